The zero-order chi connectivity index (χ0) is 16.5. The number of H-pyrrole nitrogens is 1. The van der Waals surface area contributed by atoms with E-state index in [2.05, 4.69) is 20.3 Å². The van der Waals surface area contributed by atoms with Crippen molar-refractivity contribution < 1.29 is 4.52 Å². The van der Waals surface area contributed by atoms with Gasteiger partial charge in [0.15, 0.2) is 0 Å². The molecule has 0 aliphatic heterocycles. The van der Waals surface area contributed by atoms with Crippen LogP contribution < -0.4 is 0 Å². The first kappa shape index (κ1) is 14.7. The van der Waals surface area contributed by atoms with Gasteiger partial charge in [0.1, 0.15) is 5.69 Å². The van der Waals surface area contributed by atoms with Crippen molar-refractivity contribution in [2.45, 2.75) is 6.92 Å². The van der Waals surface area contributed by atoms with Gasteiger partial charge in [-0.3, -0.25) is 5.10 Å². The SMILES string of the molecule is Cc1cccc(-c2noc(-c3cc(-c4cccc(Cl)c4)n[nH]3)n2)c1. The van der Waals surface area contributed by atoms with Gasteiger partial charge in [-0.15, -0.1) is 0 Å². The lowest BCUT2D eigenvalue weighted by Gasteiger charge is -1.95. The predicted molar refractivity (Wildman–Crippen MR) is 92.5 cm³/mol. The molecule has 2 aromatic carbocycles. The van der Waals surface area contributed by atoms with Gasteiger partial charge in [-0.2, -0.15) is 10.1 Å². The van der Waals surface area contributed by atoms with Crippen LogP contribution in [0.1, 0.15) is 5.56 Å². The fourth-order valence-electron chi connectivity index (χ4n) is 2.46. The highest BCUT2D eigenvalue weighted by atomic mass is 35.5. The Balaban J connectivity index is 1.66. The molecule has 0 aliphatic carbocycles. The number of halogens is 1. The Morgan fingerprint density at radius 3 is 2.67 bits per heavy atom. The minimum atomic E-state index is 0.396. The van der Waals surface area contributed by atoms with E-state index in [1.807, 2.05) is 61.5 Å². The van der Waals surface area contributed by atoms with Crippen molar-refractivity contribution in [3.8, 4) is 34.2 Å². The van der Waals surface area contributed by atoms with Crippen LogP contribution in [0.15, 0.2) is 59.1 Å². The molecule has 0 saturated heterocycles. The Morgan fingerprint density at radius 2 is 1.83 bits per heavy atom. The highest BCUT2D eigenvalue weighted by molar-refractivity contribution is 6.30. The van der Waals surface area contributed by atoms with E-state index < -0.39 is 0 Å². The maximum atomic E-state index is 6.02. The Bertz CT molecular complexity index is 924. The molecule has 4 rings (SSSR count). The molecule has 0 unspecified atom stereocenters. The van der Waals surface area contributed by atoms with Gasteiger partial charge in [0.2, 0.25) is 5.82 Å². The highest BCUT2D eigenvalue weighted by Gasteiger charge is 2.14. The second-order valence-corrected chi connectivity index (χ2v) is 5.91. The zero-order valence-electron chi connectivity index (χ0n) is 12.8. The third-order valence-electron chi connectivity index (χ3n) is 3.63. The second kappa shape index (κ2) is 5.94. The van der Waals surface area contributed by atoms with E-state index in [0.29, 0.717) is 22.4 Å². The van der Waals surface area contributed by atoms with Crippen LogP contribution in [-0.2, 0) is 0 Å². The first-order chi connectivity index (χ1) is 11.7. The molecule has 4 aromatic rings. The summed E-state index contributed by atoms with van der Waals surface area (Å²) < 4.78 is 5.36. The number of aryl methyl sites for hydroxylation is 1. The summed E-state index contributed by atoms with van der Waals surface area (Å²) in [5.41, 5.74) is 4.41. The smallest absolute Gasteiger partial charge is 0.276 e. The van der Waals surface area contributed by atoms with E-state index >= 15 is 0 Å². The van der Waals surface area contributed by atoms with Crippen LogP contribution in [0.5, 0.6) is 0 Å². The highest BCUT2D eigenvalue weighted by Crippen LogP contribution is 2.26. The van der Waals surface area contributed by atoms with Crippen molar-refractivity contribution in [1.29, 1.82) is 0 Å². The summed E-state index contributed by atoms with van der Waals surface area (Å²) in [7, 11) is 0. The number of rotatable bonds is 3. The van der Waals surface area contributed by atoms with E-state index in [1.54, 1.807) is 0 Å². The average molecular weight is 337 g/mol. The molecule has 0 aliphatic rings. The van der Waals surface area contributed by atoms with Crippen LogP contribution in [0.2, 0.25) is 5.02 Å². The molecule has 2 heterocycles. The van der Waals surface area contributed by atoms with Crippen molar-refractivity contribution in [3.05, 3.63) is 65.2 Å². The Kier molecular flexibility index (Phi) is 3.63. The van der Waals surface area contributed by atoms with Gasteiger partial charge in [-0.25, -0.2) is 0 Å². The van der Waals surface area contributed by atoms with Crippen molar-refractivity contribution in [1.82, 2.24) is 20.3 Å². The zero-order valence-corrected chi connectivity index (χ0v) is 13.6. The minimum absolute atomic E-state index is 0.396. The number of nitrogens with zero attached hydrogens (tertiary/aromatic N) is 3. The molecule has 24 heavy (non-hydrogen) atoms. The van der Waals surface area contributed by atoms with E-state index in [4.69, 9.17) is 16.1 Å². The van der Waals surface area contributed by atoms with Crippen molar-refractivity contribution >= 4 is 11.6 Å². The van der Waals surface area contributed by atoms with Crippen LogP contribution in [0, 0.1) is 6.92 Å². The molecule has 0 radical (unpaired) electrons. The number of benzene rings is 2. The largest absolute Gasteiger partial charge is 0.332 e. The van der Waals surface area contributed by atoms with Crippen molar-refractivity contribution in [2.24, 2.45) is 0 Å². The summed E-state index contributed by atoms with van der Waals surface area (Å²) in [4.78, 5) is 4.44. The molecule has 0 spiro atoms. The lowest BCUT2D eigenvalue weighted by molar-refractivity contribution is 0.431. The molecule has 1 N–H and O–H groups in total. The third kappa shape index (κ3) is 2.81. The first-order valence-corrected chi connectivity index (χ1v) is 7.79. The summed E-state index contributed by atoms with van der Waals surface area (Å²) in [5.74, 6) is 0.944. The molecule has 5 nitrogen and oxygen atoms in total. The summed E-state index contributed by atoms with van der Waals surface area (Å²) >= 11 is 6.02. The number of aromatic amines is 1. The van der Waals surface area contributed by atoms with Gasteiger partial charge >= 0.3 is 0 Å². The first-order valence-electron chi connectivity index (χ1n) is 7.41. The van der Waals surface area contributed by atoms with Crippen LogP contribution in [0.4, 0.5) is 0 Å². The maximum Gasteiger partial charge on any atom is 0.276 e. The molecule has 0 saturated carbocycles. The standard InChI is InChI=1S/C18H13ClN4O/c1-11-4-2-6-13(8-11)17-20-18(24-23-17)16-10-15(21-22-16)12-5-3-7-14(19)9-12/h2-10H,1H3,(H,21,22). The van der Waals surface area contributed by atoms with Crippen LogP contribution in [-0.4, -0.2) is 20.3 Å². The molecular weight excluding hydrogens is 324 g/mol. The summed E-state index contributed by atoms with van der Waals surface area (Å²) in [6.45, 7) is 2.02. The Labute approximate surface area is 143 Å². The molecule has 0 bridgehead atoms. The topological polar surface area (TPSA) is 67.6 Å². The van der Waals surface area contributed by atoms with Gasteiger partial charge in [0.05, 0.1) is 5.69 Å². The molecule has 0 amide bonds. The summed E-state index contributed by atoms with van der Waals surface area (Å²) in [5, 5.41) is 11.9. The predicted octanol–water partition coefficient (Wildman–Crippen LogP) is 4.76. The number of aromatic nitrogens is 4. The monoisotopic (exact) mass is 336 g/mol. The molecule has 0 fully saturated rings. The van der Waals surface area contributed by atoms with Gasteiger partial charge in [-0.05, 0) is 31.2 Å². The normalized spacial score (nSPS) is 10.9. The lowest BCUT2D eigenvalue weighted by Crippen LogP contribution is -1.82. The fourth-order valence-corrected chi connectivity index (χ4v) is 2.65. The summed E-state index contributed by atoms with van der Waals surface area (Å²) in [6, 6.07) is 17.3. The van der Waals surface area contributed by atoms with E-state index in [-0.39, 0.29) is 0 Å². The number of hydrogen-bond donors (Lipinski definition) is 1. The molecule has 118 valence electrons. The van der Waals surface area contributed by atoms with Gasteiger partial charge in [0.25, 0.3) is 5.89 Å². The Hall–Kier alpha value is -2.92. The van der Waals surface area contributed by atoms with Crippen LogP contribution in [0.25, 0.3) is 34.2 Å². The molecule has 6 heteroatoms. The average Bonchev–Trinajstić information content (AvgIpc) is 3.24. The molecule has 0 atom stereocenters. The van der Waals surface area contributed by atoms with E-state index in [1.165, 1.54) is 0 Å². The number of nitrogens with one attached hydrogen (secondary N) is 1. The van der Waals surface area contributed by atoms with Gasteiger partial charge in [-0.1, -0.05) is 52.7 Å². The minimum Gasteiger partial charge on any atom is -0.332 e. The summed E-state index contributed by atoms with van der Waals surface area (Å²) in [6.07, 6.45) is 0. The number of hydrogen-bond acceptors (Lipinski definition) is 4. The fraction of sp³-hybridized carbons (Fsp3) is 0.0556. The van der Waals surface area contributed by atoms with Gasteiger partial charge in [0, 0.05) is 16.1 Å². The lowest BCUT2D eigenvalue weighted by atomic mass is 10.1. The van der Waals surface area contributed by atoms with Crippen molar-refractivity contribution in [2.75, 3.05) is 0 Å². The van der Waals surface area contributed by atoms with Crippen LogP contribution >= 0.6 is 11.6 Å². The third-order valence-corrected chi connectivity index (χ3v) is 3.87. The van der Waals surface area contributed by atoms with Gasteiger partial charge < -0.3 is 4.52 Å². The van der Waals surface area contributed by atoms with Crippen molar-refractivity contribution in [3.63, 3.8) is 0 Å². The van der Waals surface area contributed by atoms with Crippen LogP contribution in [0.3, 0.4) is 0 Å². The molecule has 2 aromatic heterocycles. The quantitative estimate of drug-likeness (QED) is 0.586. The maximum absolute atomic E-state index is 6.02. The van der Waals surface area contributed by atoms with E-state index in [0.717, 1.165) is 22.4 Å². The second-order valence-electron chi connectivity index (χ2n) is 5.47. The molecular formula is C18H13ClN4O. The Morgan fingerprint density at radius 1 is 1.00 bits per heavy atom. The van der Waals surface area contributed by atoms with E-state index in [9.17, 15) is 0 Å².